The van der Waals surface area contributed by atoms with E-state index >= 15 is 0 Å². The second-order valence-electron chi connectivity index (χ2n) is 5.64. The van der Waals surface area contributed by atoms with Gasteiger partial charge in [-0.15, -0.1) is 0 Å². The van der Waals surface area contributed by atoms with Gasteiger partial charge in [0, 0.05) is 31.5 Å². The van der Waals surface area contributed by atoms with E-state index in [0.29, 0.717) is 30.3 Å². The number of anilines is 2. The molecular weight excluding hydrogens is 311 g/mol. The van der Waals surface area contributed by atoms with Crippen LogP contribution in [-0.2, 0) is 4.74 Å². The fourth-order valence-electron chi connectivity index (χ4n) is 2.82. The van der Waals surface area contributed by atoms with Crippen LogP contribution in [0, 0.1) is 5.82 Å². The lowest BCUT2D eigenvalue weighted by atomic mass is 10.0. The fraction of sp³-hybridized carbons (Fsp3) is 0.353. The number of aromatic nitrogens is 2. The van der Waals surface area contributed by atoms with Gasteiger partial charge in [0.1, 0.15) is 5.82 Å². The smallest absolute Gasteiger partial charge is 0.337 e. The largest absolute Gasteiger partial charge is 0.465 e. The molecule has 1 aromatic carbocycles. The van der Waals surface area contributed by atoms with E-state index in [1.165, 1.54) is 19.2 Å². The number of nitrogens with one attached hydrogen (secondary N) is 1. The average Bonchev–Trinajstić information content (AvgIpc) is 2.63. The number of methoxy groups -OCH3 is 1. The van der Waals surface area contributed by atoms with Gasteiger partial charge in [-0.2, -0.15) is 0 Å². The van der Waals surface area contributed by atoms with E-state index in [4.69, 9.17) is 4.74 Å². The minimum Gasteiger partial charge on any atom is -0.465 e. The lowest BCUT2D eigenvalue weighted by Gasteiger charge is -2.34. The molecule has 0 unspecified atom stereocenters. The molecule has 0 saturated carbocycles. The van der Waals surface area contributed by atoms with E-state index < -0.39 is 5.97 Å². The summed E-state index contributed by atoms with van der Waals surface area (Å²) in [4.78, 5) is 21.9. The van der Waals surface area contributed by atoms with Crippen molar-refractivity contribution in [3.63, 3.8) is 0 Å². The van der Waals surface area contributed by atoms with Gasteiger partial charge < -0.3 is 15.0 Å². The molecule has 1 aromatic heterocycles. The van der Waals surface area contributed by atoms with Crippen LogP contribution in [-0.4, -0.2) is 42.2 Å². The molecule has 1 aliphatic rings. The van der Waals surface area contributed by atoms with Crippen LogP contribution in [0.15, 0.2) is 36.7 Å². The van der Waals surface area contributed by atoms with Crippen LogP contribution < -0.4 is 10.2 Å². The molecule has 0 amide bonds. The van der Waals surface area contributed by atoms with E-state index in [1.54, 1.807) is 24.5 Å². The number of nitrogens with zero attached hydrogens (tertiary/aromatic N) is 3. The SMILES string of the molecule is COC(=O)c1ccc(F)c(N2CCC(Nc3ncccn3)CC2)c1. The van der Waals surface area contributed by atoms with Crippen LogP contribution in [0.3, 0.4) is 0 Å². The first-order valence-corrected chi connectivity index (χ1v) is 7.84. The van der Waals surface area contributed by atoms with Crippen molar-refractivity contribution in [2.75, 3.05) is 30.4 Å². The van der Waals surface area contributed by atoms with Gasteiger partial charge in [0.2, 0.25) is 5.95 Å². The van der Waals surface area contributed by atoms with Crippen molar-refractivity contribution in [1.29, 1.82) is 0 Å². The fourth-order valence-corrected chi connectivity index (χ4v) is 2.82. The molecule has 6 nitrogen and oxygen atoms in total. The summed E-state index contributed by atoms with van der Waals surface area (Å²) < 4.78 is 18.8. The molecule has 0 spiro atoms. The zero-order valence-electron chi connectivity index (χ0n) is 13.4. The number of piperidine rings is 1. The molecule has 0 bridgehead atoms. The molecule has 126 valence electrons. The Morgan fingerprint density at radius 1 is 1.29 bits per heavy atom. The maximum atomic E-state index is 14.1. The molecule has 7 heteroatoms. The molecule has 2 heterocycles. The van der Waals surface area contributed by atoms with Crippen molar-refractivity contribution < 1.29 is 13.9 Å². The number of carbonyl (C=O) groups is 1. The summed E-state index contributed by atoms with van der Waals surface area (Å²) in [5, 5.41) is 3.29. The zero-order chi connectivity index (χ0) is 16.9. The minimum absolute atomic E-state index is 0.246. The quantitative estimate of drug-likeness (QED) is 0.869. The first-order valence-electron chi connectivity index (χ1n) is 7.84. The van der Waals surface area contributed by atoms with E-state index in [-0.39, 0.29) is 11.9 Å². The minimum atomic E-state index is -0.464. The molecular formula is C17H19FN4O2. The van der Waals surface area contributed by atoms with Crippen LogP contribution in [0.1, 0.15) is 23.2 Å². The van der Waals surface area contributed by atoms with Gasteiger partial charge in [-0.1, -0.05) is 0 Å². The summed E-state index contributed by atoms with van der Waals surface area (Å²) in [7, 11) is 1.31. The van der Waals surface area contributed by atoms with Crippen molar-refractivity contribution in [3.8, 4) is 0 Å². The summed E-state index contributed by atoms with van der Waals surface area (Å²) in [5.74, 6) is -0.190. The Balaban J connectivity index is 1.65. The van der Waals surface area contributed by atoms with E-state index in [0.717, 1.165) is 12.8 Å². The topological polar surface area (TPSA) is 67.3 Å². The van der Waals surface area contributed by atoms with Crippen LogP contribution in [0.5, 0.6) is 0 Å². The maximum absolute atomic E-state index is 14.1. The van der Waals surface area contributed by atoms with Gasteiger partial charge in [-0.3, -0.25) is 0 Å². The molecule has 1 N–H and O–H groups in total. The molecule has 0 radical (unpaired) electrons. The van der Waals surface area contributed by atoms with Crippen LogP contribution >= 0.6 is 0 Å². The van der Waals surface area contributed by atoms with Gasteiger partial charge in [0.25, 0.3) is 0 Å². The van der Waals surface area contributed by atoms with Gasteiger partial charge in [0.05, 0.1) is 18.4 Å². The highest BCUT2D eigenvalue weighted by Gasteiger charge is 2.22. The molecule has 0 atom stereocenters. The summed E-state index contributed by atoms with van der Waals surface area (Å²) in [6.45, 7) is 1.37. The first-order chi connectivity index (χ1) is 11.7. The third-order valence-electron chi connectivity index (χ3n) is 4.10. The molecule has 1 saturated heterocycles. The van der Waals surface area contributed by atoms with Crippen molar-refractivity contribution in [2.45, 2.75) is 18.9 Å². The van der Waals surface area contributed by atoms with E-state index in [1.807, 2.05) is 4.90 Å². The predicted octanol–water partition coefficient (Wildman–Crippen LogP) is 2.48. The number of hydrogen-bond donors (Lipinski definition) is 1. The third-order valence-corrected chi connectivity index (χ3v) is 4.10. The molecule has 2 aromatic rings. The zero-order valence-corrected chi connectivity index (χ0v) is 13.4. The number of esters is 1. The summed E-state index contributed by atoms with van der Waals surface area (Å²) in [6, 6.07) is 6.31. The van der Waals surface area contributed by atoms with Crippen LogP contribution in [0.2, 0.25) is 0 Å². The number of halogens is 1. The Hall–Kier alpha value is -2.70. The molecule has 24 heavy (non-hydrogen) atoms. The monoisotopic (exact) mass is 330 g/mol. The summed E-state index contributed by atoms with van der Waals surface area (Å²) in [5.41, 5.74) is 0.791. The van der Waals surface area contributed by atoms with Gasteiger partial charge >= 0.3 is 5.97 Å². The molecule has 3 rings (SSSR count). The lowest BCUT2D eigenvalue weighted by molar-refractivity contribution is 0.0600. The lowest BCUT2D eigenvalue weighted by Crippen LogP contribution is -2.39. The maximum Gasteiger partial charge on any atom is 0.337 e. The molecule has 0 aliphatic carbocycles. The Morgan fingerprint density at radius 3 is 2.67 bits per heavy atom. The number of ether oxygens (including phenoxy) is 1. The highest BCUT2D eigenvalue weighted by atomic mass is 19.1. The highest BCUT2D eigenvalue weighted by Crippen LogP contribution is 2.25. The first kappa shape index (κ1) is 16.2. The standard InChI is InChI=1S/C17H19FN4O2/c1-24-16(23)12-3-4-14(18)15(11-12)22-9-5-13(6-10-22)21-17-19-7-2-8-20-17/h2-4,7-8,11,13H,5-6,9-10H2,1H3,(H,19,20,21). The Bertz CT molecular complexity index is 703. The number of benzene rings is 1. The van der Waals surface area contributed by atoms with Gasteiger partial charge in [-0.05, 0) is 37.1 Å². The molecule has 1 fully saturated rings. The summed E-state index contributed by atoms with van der Waals surface area (Å²) >= 11 is 0. The van der Waals surface area contributed by atoms with Crippen LogP contribution in [0.4, 0.5) is 16.0 Å². The Labute approximate surface area is 139 Å². The van der Waals surface area contributed by atoms with Gasteiger partial charge in [0.15, 0.2) is 0 Å². The van der Waals surface area contributed by atoms with Crippen LogP contribution in [0.25, 0.3) is 0 Å². The second kappa shape index (κ2) is 7.25. The second-order valence-corrected chi connectivity index (χ2v) is 5.64. The van der Waals surface area contributed by atoms with Crippen molar-refractivity contribution in [3.05, 3.63) is 48.0 Å². The number of carbonyl (C=O) groups excluding carboxylic acids is 1. The predicted molar refractivity (Wildman–Crippen MR) is 88.6 cm³/mol. The van der Waals surface area contributed by atoms with E-state index in [9.17, 15) is 9.18 Å². The van der Waals surface area contributed by atoms with E-state index in [2.05, 4.69) is 15.3 Å². The Morgan fingerprint density at radius 2 is 2.00 bits per heavy atom. The Kier molecular flexibility index (Phi) is 4.88. The highest BCUT2D eigenvalue weighted by molar-refractivity contribution is 5.90. The van der Waals surface area contributed by atoms with Crippen molar-refractivity contribution in [1.82, 2.24) is 9.97 Å². The number of rotatable bonds is 4. The van der Waals surface area contributed by atoms with Gasteiger partial charge in [-0.25, -0.2) is 19.2 Å². The van der Waals surface area contributed by atoms with Crippen molar-refractivity contribution in [2.24, 2.45) is 0 Å². The molecule has 1 aliphatic heterocycles. The summed E-state index contributed by atoms with van der Waals surface area (Å²) in [6.07, 6.45) is 5.05. The van der Waals surface area contributed by atoms with Crippen molar-refractivity contribution >= 4 is 17.6 Å². The number of hydrogen-bond acceptors (Lipinski definition) is 6. The average molecular weight is 330 g/mol. The normalized spacial score (nSPS) is 15.2. The third kappa shape index (κ3) is 3.61.